The average Bonchev–Trinajstić information content (AvgIpc) is 2.34. The molecule has 0 aromatic heterocycles. The van der Waals surface area contributed by atoms with E-state index >= 15 is 0 Å². The lowest BCUT2D eigenvalue weighted by Crippen LogP contribution is -2.22. The Morgan fingerprint density at radius 1 is 1.55 bits per heavy atom. The fraction of sp³-hybridized carbons (Fsp3) is 0.167. The second kappa shape index (κ2) is 2.17. The number of allylic oxidation sites excluding steroid dienone is 1. The Labute approximate surface area is 68.2 Å². The Balaban J connectivity index is 2.45. The summed E-state index contributed by atoms with van der Waals surface area (Å²) < 4.78 is 0. The first-order valence-corrected chi connectivity index (χ1v) is 3.46. The number of rotatable bonds is 0. The van der Waals surface area contributed by atoms with E-state index in [0.29, 0.717) is 5.17 Å². The van der Waals surface area contributed by atoms with Crippen molar-refractivity contribution in [2.24, 2.45) is 20.7 Å². The van der Waals surface area contributed by atoms with Gasteiger partial charge in [0.05, 0.1) is 0 Å². The molecule has 2 aliphatic rings. The van der Waals surface area contributed by atoms with Gasteiger partial charge in [-0.1, -0.05) is 11.6 Å². The van der Waals surface area contributed by atoms with Gasteiger partial charge in [0, 0.05) is 11.8 Å². The molecule has 11 heavy (non-hydrogen) atoms. The molecule has 2 heterocycles. The van der Waals surface area contributed by atoms with E-state index in [2.05, 4.69) is 15.0 Å². The average molecular weight is 169 g/mol. The number of nitrogens with zero attached hydrogens (tertiary/aromatic N) is 3. The summed E-state index contributed by atoms with van der Waals surface area (Å²) in [5.41, 5.74) is 6.18. The van der Waals surface area contributed by atoms with Gasteiger partial charge < -0.3 is 5.73 Å². The molecule has 0 bridgehead atoms. The van der Waals surface area contributed by atoms with Gasteiger partial charge in [-0.05, 0) is 6.08 Å². The van der Waals surface area contributed by atoms with Gasteiger partial charge in [-0.3, -0.25) is 4.99 Å². The predicted molar refractivity (Wildman–Crippen MR) is 45.3 cm³/mol. The van der Waals surface area contributed by atoms with Crippen molar-refractivity contribution >= 4 is 28.9 Å². The first kappa shape index (κ1) is 6.54. The molecule has 0 radical (unpaired) electrons. The molecule has 0 saturated carbocycles. The summed E-state index contributed by atoms with van der Waals surface area (Å²) in [6, 6.07) is 0. The Hall–Kier alpha value is -1.16. The summed E-state index contributed by atoms with van der Waals surface area (Å²) >= 11 is 5.75. The number of aliphatic imine (C=N–C) groups is 3. The normalized spacial score (nSPS) is 27.4. The van der Waals surface area contributed by atoms with Crippen molar-refractivity contribution in [3.8, 4) is 0 Å². The van der Waals surface area contributed by atoms with Crippen molar-refractivity contribution in [1.82, 2.24) is 0 Å². The van der Waals surface area contributed by atoms with Crippen LogP contribution in [0.1, 0.15) is 0 Å². The van der Waals surface area contributed by atoms with E-state index in [4.69, 9.17) is 17.3 Å². The topological polar surface area (TPSA) is 63.1 Å². The summed E-state index contributed by atoms with van der Waals surface area (Å²) in [7, 11) is 0. The van der Waals surface area contributed by atoms with Gasteiger partial charge in [-0.2, -0.15) is 0 Å². The molecule has 0 spiro atoms. The van der Waals surface area contributed by atoms with Crippen LogP contribution in [0.25, 0.3) is 0 Å². The molecular weight excluding hydrogens is 164 g/mol. The summed E-state index contributed by atoms with van der Waals surface area (Å²) in [6.45, 7) is 0. The van der Waals surface area contributed by atoms with Crippen LogP contribution in [0.2, 0.25) is 0 Å². The van der Waals surface area contributed by atoms with E-state index in [1.54, 1.807) is 12.3 Å². The molecule has 0 fully saturated rings. The van der Waals surface area contributed by atoms with E-state index in [1.165, 1.54) is 0 Å². The number of nitrogens with two attached hydrogens (primary N) is 1. The smallest absolute Gasteiger partial charge is 0.219 e. The molecule has 0 aromatic rings. The minimum Gasteiger partial charge on any atom is -0.368 e. The van der Waals surface area contributed by atoms with Crippen molar-refractivity contribution in [3.63, 3.8) is 0 Å². The molecule has 2 N–H and O–H groups in total. The van der Waals surface area contributed by atoms with Crippen LogP contribution in [0, 0.1) is 0 Å². The van der Waals surface area contributed by atoms with Crippen molar-refractivity contribution < 1.29 is 0 Å². The quantitative estimate of drug-likeness (QED) is 0.555. The minimum absolute atomic E-state index is 0.191. The Bertz CT molecular complexity index is 313. The fourth-order valence-electron chi connectivity index (χ4n) is 0.969. The summed E-state index contributed by atoms with van der Waals surface area (Å²) in [4.78, 5) is 11.7. The monoisotopic (exact) mass is 168 g/mol. The highest BCUT2D eigenvalue weighted by Gasteiger charge is 2.22. The van der Waals surface area contributed by atoms with E-state index in [0.717, 1.165) is 5.57 Å². The van der Waals surface area contributed by atoms with Crippen LogP contribution < -0.4 is 5.73 Å². The van der Waals surface area contributed by atoms with Gasteiger partial charge in [0.15, 0.2) is 6.17 Å². The number of fused-ring (bicyclic) bond motifs is 1. The van der Waals surface area contributed by atoms with Crippen LogP contribution in [0.15, 0.2) is 26.6 Å². The third-order valence-corrected chi connectivity index (χ3v) is 1.77. The molecule has 5 heteroatoms. The van der Waals surface area contributed by atoms with Gasteiger partial charge in [-0.15, -0.1) is 0 Å². The standard InChI is InChI=1S/C6H5ClN4/c7-4-3-1-2-9-5(3)11-6(8)10-4/h1-2,5H,(H2,8,11)/t5-/m1/s1. The van der Waals surface area contributed by atoms with E-state index < -0.39 is 0 Å². The SMILES string of the molecule is NC1=N[C@H]2N=CC=C2C(Cl)=N1. The van der Waals surface area contributed by atoms with E-state index in [-0.39, 0.29) is 12.1 Å². The molecule has 0 amide bonds. The number of hydrogen-bond acceptors (Lipinski definition) is 4. The minimum atomic E-state index is -0.250. The largest absolute Gasteiger partial charge is 0.368 e. The second-order valence-electron chi connectivity index (χ2n) is 2.18. The van der Waals surface area contributed by atoms with Crippen molar-refractivity contribution in [2.45, 2.75) is 6.17 Å². The third kappa shape index (κ3) is 0.952. The number of hydrogen-bond donors (Lipinski definition) is 1. The van der Waals surface area contributed by atoms with Gasteiger partial charge in [0.1, 0.15) is 5.17 Å². The van der Waals surface area contributed by atoms with Crippen molar-refractivity contribution in [1.29, 1.82) is 0 Å². The summed E-state index contributed by atoms with van der Waals surface area (Å²) in [5, 5.41) is 0.389. The molecule has 2 rings (SSSR count). The van der Waals surface area contributed by atoms with Crippen LogP contribution in [-0.2, 0) is 0 Å². The van der Waals surface area contributed by atoms with Crippen LogP contribution in [-0.4, -0.2) is 23.5 Å². The lowest BCUT2D eigenvalue weighted by Gasteiger charge is -2.11. The van der Waals surface area contributed by atoms with Gasteiger partial charge in [0.25, 0.3) is 0 Å². The molecule has 2 aliphatic heterocycles. The zero-order valence-electron chi connectivity index (χ0n) is 5.53. The van der Waals surface area contributed by atoms with Crippen LogP contribution in [0.3, 0.4) is 0 Å². The Kier molecular flexibility index (Phi) is 1.29. The maximum absolute atomic E-state index is 5.75. The lowest BCUT2D eigenvalue weighted by molar-refractivity contribution is 0.861. The Morgan fingerprint density at radius 2 is 2.36 bits per heavy atom. The molecule has 4 nitrogen and oxygen atoms in total. The highest BCUT2D eigenvalue weighted by Crippen LogP contribution is 2.20. The maximum atomic E-state index is 5.75. The van der Waals surface area contributed by atoms with Crippen molar-refractivity contribution in [2.75, 3.05) is 0 Å². The molecular formula is C6H5ClN4. The fourth-order valence-corrected chi connectivity index (χ4v) is 1.22. The molecule has 0 aromatic carbocycles. The zero-order valence-corrected chi connectivity index (χ0v) is 6.28. The van der Waals surface area contributed by atoms with E-state index in [9.17, 15) is 0 Å². The first-order chi connectivity index (χ1) is 5.27. The molecule has 1 atom stereocenters. The number of guanidine groups is 1. The van der Waals surface area contributed by atoms with Crippen molar-refractivity contribution in [3.05, 3.63) is 11.6 Å². The van der Waals surface area contributed by atoms with Gasteiger partial charge >= 0.3 is 0 Å². The summed E-state index contributed by atoms with van der Waals surface area (Å²) in [5.74, 6) is 0.191. The van der Waals surface area contributed by atoms with Gasteiger partial charge in [-0.25, -0.2) is 9.98 Å². The second-order valence-corrected chi connectivity index (χ2v) is 2.54. The van der Waals surface area contributed by atoms with Crippen LogP contribution >= 0.6 is 11.6 Å². The van der Waals surface area contributed by atoms with E-state index in [1.807, 2.05) is 0 Å². The highest BCUT2D eigenvalue weighted by atomic mass is 35.5. The third-order valence-electron chi connectivity index (χ3n) is 1.47. The highest BCUT2D eigenvalue weighted by molar-refractivity contribution is 6.70. The first-order valence-electron chi connectivity index (χ1n) is 3.08. The molecule has 56 valence electrons. The van der Waals surface area contributed by atoms with Gasteiger partial charge in [0.2, 0.25) is 5.96 Å². The molecule has 0 unspecified atom stereocenters. The summed E-state index contributed by atoms with van der Waals surface area (Å²) in [6.07, 6.45) is 3.19. The molecule has 0 saturated heterocycles. The predicted octanol–water partition coefficient (Wildman–Crippen LogP) is 0.289. The number of halogens is 1. The lowest BCUT2D eigenvalue weighted by atomic mass is 10.2. The Morgan fingerprint density at radius 3 is 3.18 bits per heavy atom. The molecule has 0 aliphatic carbocycles. The zero-order chi connectivity index (χ0) is 7.84. The van der Waals surface area contributed by atoms with Crippen LogP contribution in [0.4, 0.5) is 0 Å². The maximum Gasteiger partial charge on any atom is 0.219 e. The van der Waals surface area contributed by atoms with Crippen LogP contribution in [0.5, 0.6) is 0 Å².